The first kappa shape index (κ1) is 13.3. The van der Waals surface area contributed by atoms with Crippen molar-refractivity contribution in [3.63, 3.8) is 0 Å². The van der Waals surface area contributed by atoms with E-state index in [2.05, 4.69) is 14.8 Å². The van der Waals surface area contributed by atoms with Gasteiger partial charge in [0.05, 0.1) is 6.04 Å². The molecule has 3 saturated heterocycles. The highest BCUT2D eigenvalue weighted by molar-refractivity contribution is 7.11. The lowest BCUT2D eigenvalue weighted by molar-refractivity contribution is -0.137. The number of alkyl halides is 3. The van der Waals surface area contributed by atoms with E-state index in [-0.39, 0.29) is 6.04 Å². The molecule has 1 aromatic rings. The van der Waals surface area contributed by atoms with E-state index in [1.807, 2.05) is 0 Å². The van der Waals surface area contributed by atoms with E-state index in [0.717, 1.165) is 32.7 Å². The molecule has 3 fully saturated rings. The Labute approximate surface area is 113 Å². The fourth-order valence-corrected chi connectivity index (χ4v) is 3.60. The predicted octanol–water partition coefficient (Wildman–Crippen LogP) is 1.16. The molecule has 0 aromatic carbocycles. The van der Waals surface area contributed by atoms with Crippen LogP contribution >= 0.6 is 11.3 Å². The van der Waals surface area contributed by atoms with Crippen LogP contribution in [0.3, 0.4) is 0 Å². The fourth-order valence-electron chi connectivity index (χ4n) is 2.76. The Bertz CT molecular complexity index is 453. The van der Waals surface area contributed by atoms with Crippen molar-refractivity contribution < 1.29 is 13.2 Å². The van der Waals surface area contributed by atoms with E-state index >= 15 is 0 Å². The molecular formula is C11H15F3N4S. The number of halogens is 3. The smallest absolute Gasteiger partial charge is 0.322 e. The maximum absolute atomic E-state index is 12.5. The molecule has 1 aromatic heterocycles. The van der Waals surface area contributed by atoms with E-state index < -0.39 is 17.2 Å². The van der Waals surface area contributed by atoms with E-state index in [1.54, 1.807) is 0 Å². The maximum Gasteiger partial charge on any atom is 0.443 e. The van der Waals surface area contributed by atoms with Crippen molar-refractivity contribution in [2.45, 2.75) is 18.3 Å². The summed E-state index contributed by atoms with van der Waals surface area (Å²) in [5.41, 5.74) is 6.15. The van der Waals surface area contributed by atoms with Crippen LogP contribution in [-0.4, -0.2) is 53.5 Å². The van der Waals surface area contributed by atoms with Crippen LogP contribution < -0.4 is 5.73 Å². The van der Waals surface area contributed by atoms with E-state index in [4.69, 9.17) is 5.73 Å². The molecule has 4 rings (SSSR count). The molecule has 0 radical (unpaired) electrons. The molecule has 2 atom stereocenters. The zero-order valence-corrected chi connectivity index (χ0v) is 11.0. The Hall–Kier alpha value is -0.700. The van der Waals surface area contributed by atoms with Crippen LogP contribution in [0, 0.1) is 0 Å². The average molecular weight is 292 g/mol. The van der Waals surface area contributed by atoms with Crippen LogP contribution in [0.25, 0.3) is 0 Å². The molecule has 8 heteroatoms. The van der Waals surface area contributed by atoms with Crippen molar-refractivity contribution in [1.29, 1.82) is 0 Å². The minimum atomic E-state index is -4.38. The first-order valence-electron chi connectivity index (χ1n) is 6.20. The van der Waals surface area contributed by atoms with Crippen molar-refractivity contribution in [2.75, 3.05) is 32.7 Å². The van der Waals surface area contributed by atoms with Gasteiger partial charge < -0.3 is 5.73 Å². The van der Waals surface area contributed by atoms with Crippen molar-refractivity contribution in [1.82, 2.24) is 14.8 Å². The quantitative estimate of drug-likeness (QED) is 0.888. The van der Waals surface area contributed by atoms with Crippen LogP contribution in [0.4, 0.5) is 13.2 Å². The predicted molar refractivity (Wildman–Crippen MR) is 65.8 cm³/mol. The summed E-state index contributed by atoms with van der Waals surface area (Å²) in [6, 6.07) is -0.291. The highest BCUT2D eigenvalue weighted by Crippen LogP contribution is 2.35. The van der Waals surface area contributed by atoms with Gasteiger partial charge in [0.1, 0.15) is 0 Å². The Morgan fingerprint density at radius 1 is 1.32 bits per heavy atom. The third-order valence-corrected chi connectivity index (χ3v) is 4.97. The summed E-state index contributed by atoms with van der Waals surface area (Å²) < 4.78 is 37.6. The molecule has 2 bridgehead atoms. The van der Waals surface area contributed by atoms with Gasteiger partial charge in [0.25, 0.3) is 0 Å². The summed E-state index contributed by atoms with van der Waals surface area (Å²) >= 11 is 0.663. The number of hydrogen-bond donors (Lipinski definition) is 1. The summed E-state index contributed by atoms with van der Waals surface area (Å²) in [7, 11) is 0. The van der Waals surface area contributed by atoms with Crippen molar-refractivity contribution >= 4 is 11.3 Å². The summed E-state index contributed by atoms with van der Waals surface area (Å²) in [5, 5.41) is -0.811. The summed E-state index contributed by atoms with van der Waals surface area (Å²) in [4.78, 5) is 8.56. The minimum absolute atomic E-state index is 0.101. The van der Waals surface area contributed by atoms with E-state index in [9.17, 15) is 13.2 Å². The molecule has 0 amide bonds. The lowest BCUT2D eigenvalue weighted by Crippen LogP contribution is -2.63. The molecule has 2 N–H and O–H groups in total. The number of fused-ring (bicyclic) bond motifs is 3. The number of aromatic nitrogens is 1. The number of nitrogens with zero attached hydrogens (tertiary/aromatic N) is 3. The molecule has 0 saturated carbocycles. The maximum atomic E-state index is 12.5. The second-order valence-corrected chi connectivity index (χ2v) is 6.06. The van der Waals surface area contributed by atoms with Crippen LogP contribution in [0.5, 0.6) is 0 Å². The van der Waals surface area contributed by atoms with Gasteiger partial charge in [0.2, 0.25) is 0 Å². The fraction of sp³-hybridized carbons (Fsp3) is 0.727. The van der Waals surface area contributed by atoms with Crippen LogP contribution in [0.1, 0.15) is 15.9 Å². The minimum Gasteiger partial charge on any atom is -0.322 e. The monoisotopic (exact) mass is 292 g/mol. The normalized spacial score (nSPS) is 32.5. The third kappa shape index (κ3) is 2.49. The molecular weight excluding hydrogens is 277 g/mol. The highest BCUT2D eigenvalue weighted by Gasteiger charge is 2.39. The van der Waals surface area contributed by atoms with Gasteiger partial charge in [-0.25, -0.2) is 4.98 Å². The first-order valence-corrected chi connectivity index (χ1v) is 7.02. The molecule has 2 unspecified atom stereocenters. The average Bonchev–Trinajstić information content (AvgIpc) is 2.88. The lowest BCUT2D eigenvalue weighted by Gasteiger charge is -2.49. The van der Waals surface area contributed by atoms with Gasteiger partial charge in [-0.15, -0.1) is 11.3 Å². The molecule has 4 nitrogen and oxygen atoms in total. The van der Waals surface area contributed by atoms with Gasteiger partial charge in [-0.1, -0.05) is 0 Å². The number of nitrogens with two attached hydrogens (primary N) is 1. The second kappa shape index (κ2) is 4.69. The number of hydrogen-bond acceptors (Lipinski definition) is 5. The van der Waals surface area contributed by atoms with Crippen LogP contribution in [-0.2, 0) is 6.18 Å². The molecule has 0 spiro atoms. The number of thiazole rings is 1. The van der Waals surface area contributed by atoms with Crippen molar-refractivity contribution in [3.05, 3.63) is 16.1 Å². The number of piperazine rings is 3. The van der Waals surface area contributed by atoms with E-state index in [0.29, 0.717) is 16.2 Å². The Morgan fingerprint density at radius 2 is 2.00 bits per heavy atom. The Morgan fingerprint density at radius 3 is 2.47 bits per heavy atom. The SMILES string of the molecule is NC(c1cnc(C(F)(F)F)s1)C1CN2CCN1CC2. The molecule has 19 heavy (non-hydrogen) atoms. The Balaban J connectivity index is 1.77. The molecule has 3 aliphatic heterocycles. The van der Waals surface area contributed by atoms with E-state index in [1.165, 1.54) is 6.20 Å². The topological polar surface area (TPSA) is 45.4 Å². The van der Waals surface area contributed by atoms with Gasteiger partial charge >= 0.3 is 6.18 Å². The van der Waals surface area contributed by atoms with Crippen LogP contribution in [0.2, 0.25) is 0 Å². The van der Waals surface area contributed by atoms with Gasteiger partial charge in [-0.3, -0.25) is 9.80 Å². The van der Waals surface area contributed by atoms with Crippen LogP contribution in [0.15, 0.2) is 6.20 Å². The summed E-state index contributed by atoms with van der Waals surface area (Å²) in [6.07, 6.45) is -3.10. The van der Waals surface area contributed by atoms with Gasteiger partial charge in [-0.2, -0.15) is 13.2 Å². The zero-order chi connectivity index (χ0) is 13.6. The lowest BCUT2D eigenvalue weighted by atomic mass is 10.00. The second-order valence-electron chi connectivity index (χ2n) is 5.00. The summed E-state index contributed by atoms with van der Waals surface area (Å²) in [5.74, 6) is 0. The van der Waals surface area contributed by atoms with Crippen molar-refractivity contribution in [2.24, 2.45) is 5.73 Å². The summed E-state index contributed by atoms with van der Waals surface area (Å²) in [6.45, 7) is 4.78. The van der Waals surface area contributed by atoms with Gasteiger partial charge in [0, 0.05) is 49.8 Å². The van der Waals surface area contributed by atoms with Crippen molar-refractivity contribution in [3.8, 4) is 0 Å². The largest absolute Gasteiger partial charge is 0.443 e. The Kier molecular flexibility index (Phi) is 3.28. The molecule has 0 aliphatic carbocycles. The molecule has 106 valence electrons. The van der Waals surface area contributed by atoms with Gasteiger partial charge in [-0.05, 0) is 0 Å². The molecule has 3 aliphatic rings. The van der Waals surface area contributed by atoms with Gasteiger partial charge in [0.15, 0.2) is 5.01 Å². The number of rotatable bonds is 2. The first-order chi connectivity index (χ1) is 8.95. The third-order valence-electron chi connectivity index (χ3n) is 3.83. The standard InChI is InChI=1S/C11H15F3N4S/c12-11(13,14)10-16-5-8(19-10)9(15)7-6-17-1-3-18(7)4-2-17/h5,7,9H,1-4,6,15H2. The zero-order valence-electron chi connectivity index (χ0n) is 10.2. The molecule has 4 heterocycles. The highest BCUT2D eigenvalue weighted by atomic mass is 32.1.